The Balaban J connectivity index is 1.63. The van der Waals surface area contributed by atoms with Crippen LogP contribution in [0.5, 0.6) is 0 Å². The quantitative estimate of drug-likeness (QED) is 0.238. The Labute approximate surface area is 279 Å². The molecule has 0 aromatic heterocycles. The van der Waals surface area contributed by atoms with Gasteiger partial charge in [-0.15, -0.1) is 24.9 Å². The molecule has 0 radical (unpaired) electrons. The molecule has 0 saturated carbocycles. The lowest BCUT2D eigenvalue weighted by atomic mass is 9.70. The summed E-state index contributed by atoms with van der Waals surface area (Å²) in [6.07, 6.45) is 3.91. The van der Waals surface area contributed by atoms with Gasteiger partial charge in [-0.25, -0.2) is 0 Å². The van der Waals surface area contributed by atoms with Crippen molar-refractivity contribution in [2.24, 2.45) is 11.8 Å². The molecule has 0 aliphatic carbocycles. The number of anilines is 2. The molecule has 3 heterocycles. The Morgan fingerprint density at radius 1 is 1.04 bits per heavy atom. The van der Waals surface area contributed by atoms with Crippen LogP contribution in [0.2, 0.25) is 0 Å². The number of aliphatic hydroxyl groups is 1. The molecule has 240 valence electrons. The van der Waals surface area contributed by atoms with Crippen LogP contribution >= 0.6 is 27.7 Å². The van der Waals surface area contributed by atoms with E-state index < -0.39 is 28.7 Å². The van der Waals surface area contributed by atoms with E-state index in [-0.39, 0.29) is 41.0 Å². The SMILES string of the molecule is C=CCN(C)C(=O)[C@H]1[C@H]2C(=O)N([C@H](CO)c3ccccc3)C(C(=O)N(CC=C)c3ccc(N(CC)CC)cc3)C23CC(Br)[C@@H]1S3. The Morgan fingerprint density at radius 3 is 2.24 bits per heavy atom. The van der Waals surface area contributed by atoms with E-state index in [1.807, 2.05) is 54.6 Å². The summed E-state index contributed by atoms with van der Waals surface area (Å²) in [5.74, 6) is -1.94. The molecule has 7 atom stereocenters. The number of thioether (sulfide) groups is 1. The van der Waals surface area contributed by atoms with Gasteiger partial charge >= 0.3 is 0 Å². The molecule has 3 aliphatic rings. The minimum absolute atomic E-state index is 0.0570. The van der Waals surface area contributed by atoms with E-state index in [1.165, 1.54) is 0 Å². The molecule has 5 rings (SSSR count). The second-order valence-electron chi connectivity index (χ2n) is 12.0. The van der Waals surface area contributed by atoms with E-state index in [9.17, 15) is 14.7 Å². The fourth-order valence-corrected chi connectivity index (χ4v) is 11.2. The number of fused-ring (bicyclic) bond motifs is 1. The van der Waals surface area contributed by atoms with E-state index in [2.05, 4.69) is 47.8 Å². The smallest absolute Gasteiger partial charge is 0.251 e. The highest BCUT2D eigenvalue weighted by atomic mass is 79.9. The molecule has 3 aliphatic heterocycles. The van der Waals surface area contributed by atoms with Gasteiger partial charge in [-0.1, -0.05) is 58.4 Å². The molecule has 1 N–H and O–H groups in total. The maximum absolute atomic E-state index is 15.1. The first-order valence-electron chi connectivity index (χ1n) is 15.6. The highest BCUT2D eigenvalue weighted by Gasteiger charge is 2.76. The molecular formula is C35H43BrN4O4S. The summed E-state index contributed by atoms with van der Waals surface area (Å²) in [6, 6.07) is 15.6. The Kier molecular flexibility index (Phi) is 10.2. The maximum atomic E-state index is 15.1. The third-order valence-electron chi connectivity index (χ3n) is 9.59. The predicted octanol–water partition coefficient (Wildman–Crippen LogP) is 4.89. The van der Waals surface area contributed by atoms with Gasteiger partial charge in [0.25, 0.3) is 5.91 Å². The fraction of sp³-hybridized carbons (Fsp3) is 0.457. The van der Waals surface area contributed by atoms with Crippen LogP contribution in [0.3, 0.4) is 0 Å². The summed E-state index contributed by atoms with van der Waals surface area (Å²) >= 11 is 5.45. The van der Waals surface area contributed by atoms with Crippen molar-refractivity contribution in [1.29, 1.82) is 0 Å². The molecule has 2 bridgehead atoms. The lowest BCUT2D eigenvalue weighted by molar-refractivity contribution is -0.144. The van der Waals surface area contributed by atoms with Crippen molar-refractivity contribution in [1.82, 2.24) is 9.80 Å². The molecule has 3 amide bonds. The number of hydrogen-bond acceptors (Lipinski definition) is 6. The van der Waals surface area contributed by atoms with Crippen molar-refractivity contribution >= 4 is 56.8 Å². The van der Waals surface area contributed by atoms with Gasteiger partial charge in [0.05, 0.1) is 29.2 Å². The van der Waals surface area contributed by atoms with Crippen molar-refractivity contribution in [3.05, 3.63) is 85.5 Å². The van der Waals surface area contributed by atoms with E-state index in [0.29, 0.717) is 18.7 Å². The molecule has 1 spiro atoms. The van der Waals surface area contributed by atoms with Gasteiger partial charge in [0.15, 0.2) is 0 Å². The standard InChI is InChI=1S/C35H43BrN4O4S/c1-6-19-37(5)32(42)28-29-33(43)40(27(22-41)23-13-11-10-12-14-23)31(35(29)21-26(36)30(28)45-35)34(44)39(20-7-2)25-17-15-24(16-18-25)38(8-3)9-4/h6-7,10-18,26-31,41H,1-2,8-9,19-22H2,3-5H3/t26?,27-,28+,29+,30+,31?,35?/m1/s1. The number of likely N-dealkylation sites (N-methyl/N-ethyl adjacent to an activating group) is 1. The third-order valence-corrected chi connectivity index (χ3v) is 12.8. The number of carbonyl (C=O) groups is 3. The first kappa shape index (κ1) is 33.3. The summed E-state index contributed by atoms with van der Waals surface area (Å²) < 4.78 is -0.856. The molecule has 2 aromatic carbocycles. The summed E-state index contributed by atoms with van der Waals surface area (Å²) in [4.78, 5) is 50.9. The minimum atomic E-state index is -0.910. The topological polar surface area (TPSA) is 84.4 Å². The van der Waals surface area contributed by atoms with Crippen LogP contribution in [0, 0.1) is 11.8 Å². The van der Waals surface area contributed by atoms with E-state index in [4.69, 9.17) is 0 Å². The number of carbonyl (C=O) groups excluding carboxylic acids is 3. The van der Waals surface area contributed by atoms with Gasteiger partial charge in [0.2, 0.25) is 11.8 Å². The minimum Gasteiger partial charge on any atom is -0.394 e. The van der Waals surface area contributed by atoms with Crippen molar-refractivity contribution in [2.45, 2.75) is 47.2 Å². The summed E-state index contributed by atoms with van der Waals surface area (Å²) in [6.45, 7) is 13.9. The average Bonchev–Trinajstić information content (AvgIpc) is 3.64. The second kappa shape index (κ2) is 13.7. The van der Waals surface area contributed by atoms with Gasteiger partial charge in [-0.2, -0.15) is 0 Å². The molecule has 10 heteroatoms. The molecular weight excluding hydrogens is 652 g/mol. The van der Waals surface area contributed by atoms with Crippen molar-refractivity contribution in [3.8, 4) is 0 Å². The fourth-order valence-electron chi connectivity index (χ4n) is 7.56. The largest absolute Gasteiger partial charge is 0.394 e. The summed E-state index contributed by atoms with van der Waals surface area (Å²) in [5.41, 5.74) is 2.50. The molecule has 45 heavy (non-hydrogen) atoms. The van der Waals surface area contributed by atoms with Crippen LogP contribution in [0.1, 0.15) is 31.9 Å². The highest BCUT2D eigenvalue weighted by molar-refractivity contribution is 9.09. The summed E-state index contributed by atoms with van der Waals surface area (Å²) in [7, 11) is 1.73. The van der Waals surface area contributed by atoms with Gasteiger partial charge < -0.3 is 24.7 Å². The molecule has 3 unspecified atom stereocenters. The number of likely N-dealkylation sites (tertiary alicyclic amines) is 1. The van der Waals surface area contributed by atoms with Crippen LogP contribution < -0.4 is 9.80 Å². The Bertz CT molecular complexity index is 1420. The van der Waals surface area contributed by atoms with Gasteiger partial charge in [0.1, 0.15) is 6.04 Å². The predicted molar refractivity (Wildman–Crippen MR) is 186 cm³/mol. The molecule has 2 aromatic rings. The number of nitrogens with zero attached hydrogens (tertiary/aromatic N) is 4. The summed E-state index contributed by atoms with van der Waals surface area (Å²) in [5, 5.41) is 10.7. The number of aliphatic hydroxyl groups excluding tert-OH is 1. The number of rotatable bonds is 13. The lowest BCUT2D eigenvalue weighted by Crippen LogP contribution is -2.56. The van der Waals surface area contributed by atoms with Gasteiger partial charge in [-0.05, 0) is 50.1 Å². The number of hydrogen-bond donors (Lipinski definition) is 1. The lowest BCUT2D eigenvalue weighted by Gasteiger charge is -2.40. The van der Waals surface area contributed by atoms with Crippen molar-refractivity contribution < 1.29 is 19.5 Å². The number of benzene rings is 2. The van der Waals surface area contributed by atoms with Crippen molar-refractivity contribution in [2.75, 3.05) is 49.6 Å². The first-order chi connectivity index (χ1) is 21.7. The van der Waals surface area contributed by atoms with Crippen LogP contribution in [0.25, 0.3) is 0 Å². The number of halogens is 1. The number of alkyl halides is 1. The maximum Gasteiger partial charge on any atom is 0.251 e. The average molecular weight is 696 g/mol. The van der Waals surface area contributed by atoms with Gasteiger partial charge in [0, 0.05) is 54.7 Å². The highest BCUT2D eigenvalue weighted by Crippen LogP contribution is 2.68. The zero-order valence-corrected chi connectivity index (χ0v) is 28.6. The molecule has 3 saturated heterocycles. The van der Waals surface area contributed by atoms with Crippen LogP contribution in [-0.4, -0.2) is 93.3 Å². The van der Waals surface area contributed by atoms with Crippen LogP contribution in [0.4, 0.5) is 11.4 Å². The Hall–Kier alpha value is -3.08. The number of amides is 3. The van der Waals surface area contributed by atoms with E-state index >= 15 is 4.79 Å². The Morgan fingerprint density at radius 2 is 1.67 bits per heavy atom. The zero-order chi connectivity index (χ0) is 32.5. The van der Waals surface area contributed by atoms with E-state index in [1.54, 1.807) is 45.7 Å². The van der Waals surface area contributed by atoms with Crippen LogP contribution in [0.15, 0.2) is 79.9 Å². The zero-order valence-electron chi connectivity index (χ0n) is 26.2. The first-order valence-corrected chi connectivity index (χ1v) is 17.4. The normalized spacial score (nSPS) is 27.2. The van der Waals surface area contributed by atoms with Gasteiger partial charge in [-0.3, -0.25) is 14.4 Å². The van der Waals surface area contributed by atoms with E-state index in [0.717, 1.165) is 24.3 Å². The third kappa shape index (κ3) is 5.63. The second-order valence-corrected chi connectivity index (χ2v) is 14.7. The molecule has 3 fully saturated rings. The monoisotopic (exact) mass is 694 g/mol. The van der Waals surface area contributed by atoms with Crippen molar-refractivity contribution in [3.63, 3.8) is 0 Å². The van der Waals surface area contributed by atoms with Crippen LogP contribution in [-0.2, 0) is 14.4 Å². The molecule has 8 nitrogen and oxygen atoms in total.